The highest BCUT2D eigenvalue weighted by Crippen LogP contribution is 2.17. The molecule has 0 spiro atoms. The first kappa shape index (κ1) is 16.6. The van der Waals surface area contributed by atoms with Crippen molar-refractivity contribution in [1.29, 1.82) is 0 Å². The van der Waals surface area contributed by atoms with E-state index in [9.17, 15) is 9.59 Å². The van der Waals surface area contributed by atoms with Crippen LogP contribution in [-0.2, 0) is 11.4 Å². The van der Waals surface area contributed by atoms with Gasteiger partial charge in [0, 0.05) is 0 Å². The Bertz CT molecular complexity index is 697. The predicted octanol–water partition coefficient (Wildman–Crippen LogP) is 2.12. The Hall–Kier alpha value is -2.78. The molecule has 2 aromatic carbocycles. The van der Waals surface area contributed by atoms with Gasteiger partial charge in [0.25, 0.3) is 0 Å². The molecule has 0 aliphatic heterocycles. The third kappa shape index (κ3) is 4.59. The third-order valence-electron chi connectivity index (χ3n) is 2.86. The van der Waals surface area contributed by atoms with E-state index in [0.717, 1.165) is 0 Å². The van der Waals surface area contributed by atoms with Gasteiger partial charge in [0.1, 0.15) is 5.75 Å². The first-order valence-corrected chi connectivity index (χ1v) is 6.41. The predicted molar refractivity (Wildman–Crippen MR) is 75.0 cm³/mol. The molecule has 0 saturated carbocycles. The molecule has 0 unspecified atom stereocenters. The van der Waals surface area contributed by atoms with Crippen molar-refractivity contribution in [2.75, 3.05) is 0 Å². The van der Waals surface area contributed by atoms with Gasteiger partial charge in [0.2, 0.25) is 0 Å². The molecule has 0 bridgehead atoms. The molecular weight excluding hydrogens is 306 g/mol. The van der Waals surface area contributed by atoms with Crippen LogP contribution >= 0.6 is 0 Å². The maximum absolute atomic E-state index is 12.1. The minimum atomic E-state index is -1.22. The number of hydrogen-bond donors (Lipinski definition) is 3. The first-order chi connectivity index (χ1) is 11.0. The van der Waals surface area contributed by atoms with Crippen LogP contribution in [0, 0.1) is 0 Å². The second-order valence-electron chi connectivity index (χ2n) is 4.41. The maximum Gasteiger partial charge on any atom is 0.344 e. The summed E-state index contributed by atoms with van der Waals surface area (Å²) in [6.07, 6.45) is 0. The molecule has 3 N–H and O–H groups in total. The van der Waals surface area contributed by atoms with Crippen molar-refractivity contribution in [3.05, 3.63) is 65.2 Å². The molecule has 0 aromatic heterocycles. The van der Waals surface area contributed by atoms with Gasteiger partial charge in [0.05, 0.1) is 23.1 Å². The standard InChI is InChI=1S/C15H13NO7/c17-14(18)12-3-1-2-4-13(12)15(19)23-11-7-5-10(6-8-11)9-22-16(20)21/h1-8,20-21H,9H2,(H,17,18). The van der Waals surface area contributed by atoms with Gasteiger partial charge in [-0.1, -0.05) is 24.3 Å². The molecule has 0 aliphatic rings. The number of carbonyl (C=O) groups is 2. The summed E-state index contributed by atoms with van der Waals surface area (Å²) in [6.45, 7) is -0.0942. The van der Waals surface area contributed by atoms with E-state index in [0.29, 0.717) is 5.56 Å². The van der Waals surface area contributed by atoms with Crippen LogP contribution in [0.4, 0.5) is 0 Å². The van der Waals surface area contributed by atoms with Crippen LogP contribution in [0.3, 0.4) is 0 Å². The SMILES string of the molecule is O=C(O)c1ccccc1C(=O)Oc1ccc(CON(O)O)cc1. The van der Waals surface area contributed by atoms with Gasteiger partial charge in [-0.25, -0.2) is 14.4 Å². The molecule has 8 nitrogen and oxygen atoms in total. The number of aromatic carboxylic acids is 1. The number of hydrogen-bond acceptors (Lipinski definition) is 7. The molecule has 0 amide bonds. The van der Waals surface area contributed by atoms with E-state index in [2.05, 4.69) is 4.84 Å². The summed E-state index contributed by atoms with van der Waals surface area (Å²) < 4.78 is 5.12. The van der Waals surface area contributed by atoms with E-state index in [1.165, 1.54) is 30.3 Å². The van der Waals surface area contributed by atoms with Crippen LogP contribution in [0.15, 0.2) is 48.5 Å². The fraction of sp³-hybridized carbons (Fsp3) is 0.0667. The Labute approximate surface area is 130 Å². The largest absolute Gasteiger partial charge is 0.478 e. The molecule has 2 aromatic rings. The summed E-state index contributed by atoms with van der Waals surface area (Å²) in [4.78, 5) is 27.6. The number of esters is 1. The summed E-state index contributed by atoms with van der Waals surface area (Å²) in [5.41, 5.74) is 0.404. The second kappa shape index (κ2) is 7.47. The van der Waals surface area contributed by atoms with Crippen LogP contribution in [0.25, 0.3) is 0 Å². The summed E-state index contributed by atoms with van der Waals surface area (Å²) in [5, 5.41) is 25.5. The molecule has 0 heterocycles. The van der Waals surface area contributed by atoms with Crippen molar-refractivity contribution in [2.24, 2.45) is 0 Å². The zero-order chi connectivity index (χ0) is 16.8. The summed E-state index contributed by atoms with van der Waals surface area (Å²) in [6, 6.07) is 11.8. The number of carboxylic acids is 1. The Morgan fingerprint density at radius 2 is 1.57 bits per heavy atom. The summed E-state index contributed by atoms with van der Waals surface area (Å²) in [5.74, 6) is -1.80. The highest BCUT2D eigenvalue weighted by Gasteiger charge is 2.17. The van der Waals surface area contributed by atoms with Gasteiger partial charge >= 0.3 is 11.9 Å². The average Bonchev–Trinajstić information content (AvgIpc) is 2.54. The highest BCUT2D eigenvalue weighted by atomic mass is 17.1. The lowest BCUT2D eigenvalue weighted by molar-refractivity contribution is -0.497. The number of carboxylic acid groups (broad SMARTS) is 1. The Morgan fingerprint density at radius 3 is 2.13 bits per heavy atom. The van der Waals surface area contributed by atoms with Gasteiger partial charge in [-0.05, 0) is 29.8 Å². The van der Waals surface area contributed by atoms with Crippen molar-refractivity contribution < 1.29 is 34.7 Å². The molecule has 23 heavy (non-hydrogen) atoms. The quantitative estimate of drug-likeness (QED) is 0.421. The van der Waals surface area contributed by atoms with Gasteiger partial charge in [-0.3, -0.25) is 10.4 Å². The van der Waals surface area contributed by atoms with Crippen LogP contribution in [0.1, 0.15) is 26.3 Å². The lowest BCUT2D eigenvalue weighted by Gasteiger charge is -2.08. The van der Waals surface area contributed by atoms with Crippen LogP contribution in [0.2, 0.25) is 0 Å². The van der Waals surface area contributed by atoms with Crippen molar-refractivity contribution in [3.8, 4) is 5.75 Å². The summed E-state index contributed by atoms with van der Waals surface area (Å²) in [7, 11) is 0. The highest BCUT2D eigenvalue weighted by molar-refractivity contribution is 6.03. The van der Waals surface area contributed by atoms with Crippen molar-refractivity contribution in [2.45, 2.75) is 6.61 Å². The lowest BCUT2D eigenvalue weighted by atomic mass is 10.1. The van der Waals surface area contributed by atoms with Crippen molar-refractivity contribution in [3.63, 3.8) is 0 Å². The van der Waals surface area contributed by atoms with Gasteiger partial charge in [0.15, 0.2) is 0 Å². The van der Waals surface area contributed by atoms with E-state index in [4.69, 9.17) is 20.3 Å². The van der Waals surface area contributed by atoms with Crippen LogP contribution < -0.4 is 4.74 Å². The smallest absolute Gasteiger partial charge is 0.344 e. The average molecular weight is 319 g/mol. The zero-order valence-corrected chi connectivity index (χ0v) is 11.7. The molecule has 0 fully saturated rings. The molecule has 0 atom stereocenters. The van der Waals surface area contributed by atoms with Gasteiger partial charge < -0.3 is 9.84 Å². The van der Waals surface area contributed by atoms with E-state index in [-0.39, 0.29) is 23.5 Å². The minimum absolute atomic E-state index is 0.0522. The normalized spacial score (nSPS) is 10.6. The maximum atomic E-state index is 12.1. The molecule has 8 heteroatoms. The second-order valence-corrected chi connectivity index (χ2v) is 4.41. The van der Waals surface area contributed by atoms with Crippen LogP contribution in [0.5, 0.6) is 5.75 Å². The molecule has 0 aliphatic carbocycles. The first-order valence-electron chi connectivity index (χ1n) is 6.41. The Morgan fingerprint density at radius 1 is 0.957 bits per heavy atom. The van der Waals surface area contributed by atoms with Crippen molar-refractivity contribution >= 4 is 11.9 Å². The fourth-order valence-corrected chi connectivity index (χ4v) is 1.80. The molecule has 2 rings (SSSR count). The van der Waals surface area contributed by atoms with E-state index in [1.807, 2.05) is 0 Å². The third-order valence-corrected chi connectivity index (χ3v) is 2.86. The number of benzene rings is 2. The topological polar surface area (TPSA) is 117 Å². The lowest BCUT2D eigenvalue weighted by Crippen LogP contribution is -2.14. The van der Waals surface area contributed by atoms with E-state index in [1.54, 1.807) is 18.2 Å². The molecule has 120 valence electrons. The molecular formula is C15H13NO7. The number of carbonyl (C=O) groups excluding carboxylic acids is 1. The summed E-state index contributed by atoms with van der Waals surface area (Å²) >= 11 is 0. The number of ether oxygens (including phenoxy) is 1. The monoisotopic (exact) mass is 319 g/mol. The Kier molecular flexibility index (Phi) is 5.39. The molecule has 0 radical (unpaired) electrons. The number of nitrogens with zero attached hydrogens (tertiary/aromatic N) is 1. The van der Waals surface area contributed by atoms with E-state index < -0.39 is 17.3 Å². The van der Waals surface area contributed by atoms with E-state index >= 15 is 0 Å². The van der Waals surface area contributed by atoms with Crippen molar-refractivity contribution in [1.82, 2.24) is 5.39 Å². The van der Waals surface area contributed by atoms with Gasteiger partial charge in [-0.2, -0.15) is 0 Å². The van der Waals surface area contributed by atoms with Gasteiger partial charge in [-0.15, -0.1) is 0 Å². The number of rotatable bonds is 6. The minimum Gasteiger partial charge on any atom is -0.478 e. The van der Waals surface area contributed by atoms with Crippen LogP contribution in [-0.4, -0.2) is 32.8 Å². The fourth-order valence-electron chi connectivity index (χ4n) is 1.80. The molecule has 0 saturated heterocycles. The Balaban J connectivity index is 2.07. The zero-order valence-electron chi connectivity index (χ0n) is 11.7.